The average Bonchev–Trinajstić information content (AvgIpc) is 3.17. The van der Waals surface area contributed by atoms with Gasteiger partial charge < -0.3 is 9.80 Å². The van der Waals surface area contributed by atoms with Crippen LogP contribution in [0.25, 0.3) is 0 Å². The summed E-state index contributed by atoms with van der Waals surface area (Å²) in [5.74, 6) is 0.489. The number of hydrogen-bond donors (Lipinski definition) is 1. The second-order valence-electron chi connectivity index (χ2n) is 11.0. The van der Waals surface area contributed by atoms with E-state index in [1.54, 1.807) is 0 Å². The molecule has 0 aromatic carbocycles. The van der Waals surface area contributed by atoms with Crippen molar-refractivity contribution in [1.82, 2.24) is 10.2 Å². The van der Waals surface area contributed by atoms with E-state index in [0.717, 1.165) is 50.0 Å². The normalized spacial score (nSPS) is 13.9. The van der Waals surface area contributed by atoms with Gasteiger partial charge in [0.2, 0.25) is 11.8 Å². The van der Waals surface area contributed by atoms with Gasteiger partial charge in [0.25, 0.3) is 0 Å². The molecule has 0 unspecified atom stereocenters. The highest BCUT2D eigenvalue weighted by Crippen LogP contribution is 2.14. The summed E-state index contributed by atoms with van der Waals surface area (Å²) in [6.07, 6.45) is 23.6. The number of amides is 2. The van der Waals surface area contributed by atoms with E-state index in [1.165, 1.54) is 89.9 Å². The number of quaternary nitrogens is 1. The Hall–Kier alpha value is -1.10. The Bertz CT molecular complexity index is 508. The molecule has 202 valence electrons. The van der Waals surface area contributed by atoms with E-state index >= 15 is 0 Å². The van der Waals surface area contributed by atoms with Crippen LogP contribution in [0, 0.1) is 0 Å². The molecule has 2 amide bonds. The Morgan fingerprint density at radius 3 is 1.79 bits per heavy atom. The molecule has 0 aromatic rings. The number of hydrogen-bond acceptors (Lipinski definition) is 2. The van der Waals surface area contributed by atoms with Crippen LogP contribution in [0.15, 0.2) is 0 Å². The molecule has 1 aliphatic rings. The molecular formula is C29H60N3O2+. The standard InChI is InChI=1S/C28H55N3O2.CH4/c1-4-5-6-7-8-9-10-11-12-13-14-15-16-17-18-21-27(32)29-23-20-25-31(2,3)26-30-24-19-22-28(30)33;/h4-26H2,1-3H3;1H4/p+1. The van der Waals surface area contributed by atoms with Crippen LogP contribution in [0.1, 0.15) is 136 Å². The fraction of sp³-hybridized carbons (Fsp3) is 0.931. The summed E-state index contributed by atoms with van der Waals surface area (Å²) in [5, 5.41) is 3.08. The molecule has 5 nitrogen and oxygen atoms in total. The van der Waals surface area contributed by atoms with E-state index in [1.807, 2.05) is 4.90 Å². The molecule has 1 aliphatic heterocycles. The van der Waals surface area contributed by atoms with Gasteiger partial charge in [-0.1, -0.05) is 104 Å². The molecule has 1 rings (SSSR count). The van der Waals surface area contributed by atoms with Gasteiger partial charge in [-0.05, 0) is 12.8 Å². The lowest BCUT2D eigenvalue weighted by Crippen LogP contribution is -2.50. The van der Waals surface area contributed by atoms with Gasteiger partial charge in [-0.3, -0.25) is 14.5 Å². The van der Waals surface area contributed by atoms with Crippen LogP contribution in [0.5, 0.6) is 0 Å². The zero-order valence-electron chi connectivity index (χ0n) is 22.5. The topological polar surface area (TPSA) is 49.4 Å². The zero-order valence-corrected chi connectivity index (χ0v) is 22.5. The van der Waals surface area contributed by atoms with Crippen molar-refractivity contribution in [1.29, 1.82) is 0 Å². The van der Waals surface area contributed by atoms with Crippen LogP contribution in [0.3, 0.4) is 0 Å². The monoisotopic (exact) mass is 482 g/mol. The summed E-state index contributed by atoms with van der Waals surface area (Å²) in [7, 11) is 4.34. The number of nitrogens with one attached hydrogen (secondary N) is 1. The SMILES string of the molecule is C.CCCCCCCCCCCCCCCCCC(=O)NCCC[N+](C)(C)CN1CCCC1=O. The molecule has 1 fully saturated rings. The largest absolute Gasteiger partial charge is 0.356 e. The second-order valence-corrected chi connectivity index (χ2v) is 11.0. The first-order valence-electron chi connectivity index (χ1n) is 14.3. The minimum atomic E-state index is 0. The maximum Gasteiger partial charge on any atom is 0.226 e. The third-order valence-corrected chi connectivity index (χ3v) is 6.99. The van der Waals surface area contributed by atoms with Crippen molar-refractivity contribution in [3.8, 4) is 0 Å². The Labute approximate surface area is 213 Å². The van der Waals surface area contributed by atoms with Crippen LogP contribution in [-0.2, 0) is 9.59 Å². The summed E-state index contributed by atoms with van der Waals surface area (Å²) in [4.78, 5) is 25.8. The quantitative estimate of drug-likeness (QED) is 0.133. The first kappa shape index (κ1) is 32.9. The van der Waals surface area contributed by atoms with Crippen molar-refractivity contribution >= 4 is 11.8 Å². The Morgan fingerprint density at radius 2 is 1.32 bits per heavy atom. The summed E-state index contributed by atoms with van der Waals surface area (Å²) < 4.78 is 0.806. The number of unbranched alkanes of at least 4 members (excludes halogenated alkanes) is 14. The minimum Gasteiger partial charge on any atom is -0.356 e. The second kappa shape index (κ2) is 21.2. The molecule has 0 saturated carbocycles. The highest BCUT2D eigenvalue weighted by Gasteiger charge is 2.27. The Morgan fingerprint density at radius 1 is 0.824 bits per heavy atom. The minimum absolute atomic E-state index is 0. The summed E-state index contributed by atoms with van der Waals surface area (Å²) in [6, 6.07) is 0. The van der Waals surface area contributed by atoms with Crippen molar-refractivity contribution in [2.24, 2.45) is 0 Å². The first-order chi connectivity index (χ1) is 15.9. The number of nitrogens with zero attached hydrogens (tertiary/aromatic N) is 2. The molecule has 0 aromatic heterocycles. The molecule has 0 spiro atoms. The number of carbonyl (C=O) groups is 2. The molecule has 0 atom stereocenters. The van der Waals surface area contributed by atoms with E-state index in [0.29, 0.717) is 12.8 Å². The molecular weight excluding hydrogens is 422 g/mol. The lowest BCUT2D eigenvalue weighted by Gasteiger charge is -2.33. The molecule has 5 heteroatoms. The van der Waals surface area contributed by atoms with Crippen molar-refractivity contribution < 1.29 is 14.1 Å². The molecule has 0 radical (unpaired) electrons. The molecule has 1 saturated heterocycles. The number of carbonyl (C=O) groups excluding carboxylic acids is 2. The first-order valence-corrected chi connectivity index (χ1v) is 14.3. The lowest BCUT2D eigenvalue weighted by atomic mass is 10.0. The summed E-state index contributed by atoms with van der Waals surface area (Å²) in [6.45, 7) is 5.68. The molecule has 34 heavy (non-hydrogen) atoms. The van der Waals surface area contributed by atoms with E-state index in [9.17, 15) is 9.59 Å². The van der Waals surface area contributed by atoms with Gasteiger partial charge in [0.15, 0.2) is 6.67 Å². The van der Waals surface area contributed by atoms with Gasteiger partial charge in [-0.2, -0.15) is 0 Å². The van der Waals surface area contributed by atoms with Gasteiger partial charge in [-0.25, -0.2) is 0 Å². The Kier molecular flexibility index (Phi) is 20.5. The van der Waals surface area contributed by atoms with Crippen molar-refractivity contribution in [3.05, 3.63) is 0 Å². The van der Waals surface area contributed by atoms with Gasteiger partial charge in [0, 0.05) is 32.4 Å². The van der Waals surface area contributed by atoms with Crippen molar-refractivity contribution in [3.63, 3.8) is 0 Å². The van der Waals surface area contributed by atoms with Gasteiger partial charge in [0.1, 0.15) is 0 Å². The summed E-state index contributed by atoms with van der Waals surface area (Å²) in [5.41, 5.74) is 0. The van der Waals surface area contributed by atoms with Gasteiger partial charge in [0.05, 0.1) is 20.6 Å². The predicted octanol–water partition coefficient (Wildman–Crippen LogP) is 7.05. The third-order valence-electron chi connectivity index (χ3n) is 6.99. The smallest absolute Gasteiger partial charge is 0.226 e. The summed E-state index contributed by atoms with van der Waals surface area (Å²) >= 11 is 0. The number of rotatable bonds is 22. The fourth-order valence-corrected chi connectivity index (χ4v) is 4.87. The van der Waals surface area contributed by atoms with E-state index in [-0.39, 0.29) is 19.2 Å². The average molecular weight is 483 g/mol. The van der Waals surface area contributed by atoms with Crippen LogP contribution >= 0.6 is 0 Å². The highest BCUT2D eigenvalue weighted by molar-refractivity contribution is 5.77. The van der Waals surface area contributed by atoms with Crippen molar-refractivity contribution in [2.45, 2.75) is 136 Å². The highest BCUT2D eigenvalue weighted by atomic mass is 16.2. The molecule has 1 heterocycles. The number of likely N-dealkylation sites (tertiary alicyclic amines) is 1. The lowest BCUT2D eigenvalue weighted by molar-refractivity contribution is -0.898. The van der Waals surface area contributed by atoms with Crippen LogP contribution in [0.2, 0.25) is 0 Å². The maximum atomic E-state index is 12.1. The van der Waals surface area contributed by atoms with Crippen molar-refractivity contribution in [2.75, 3.05) is 40.4 Å². The Balaban J connectivity index is 0.0000109. The molecule has 1 N–H and O–H groups in total. The van der Waals surface area contributed by atoms with Crippen LogP contribution < -0.4 is 5.32 Å². The van der Waals surface area contributed by atoms with E-state index < -0.39 is 0 Å². The van der Waals surface area contributed by atoms with Gasteiger partial charge >= 0.3 is 0 Å². The van der Waals surface area contributed by atoms with Gasteiger partial charge in [-0.15, -0.1) is 0 Å². The predicted molar refractivity (Wildman–Crippen MR) is 147 cm³/mol. The molecule has 0 aliphatic carbocycles. The van der Waals surface area contributed by atoms with Crippen LogP contribution in [-0.4, -0.2) is 61.6 Å². The third kappa shape index (κ3) is 18.3. The van der Waals surface area contributed by atoms with E-state index in [2.05, 4.69) is 26.3 Å². The molecule has 0 bridgehead atoms. The van der Waals surface area contributed by atoms with Crippen LogP contribution in [0.4, 0.5) is 0 Å². The fourth-order valence-electron chi connectivity index (χ4n) is 4.87. The van der Waals surface area contributed by atoms with E-state index in [4.69, 9.17) is 0 Å². The zero-order chi connectivity index (χ0) is 24.2. The maximum absolute atomic E-state index is 12.1.